The minimum absolute atomic E-state index is 0.00333. The highest BCUT2D eigenvalue weighted by molar-refractivity contribution is 5.93. The molecule has 160 valence electrons. The van der Waals surface area contributed by atoms with Crippen LogP contribution in [-0.4, -0.2) is 52.8 Å². The number of nitrogens with zero attached hydrogens (tertiary/aromatic N) is 3. The van der Waals surface area contributed by atoms with E-state index in [1.807, 2.05) is 9.80 Å². The highest BCUT2D eigenvalue weighted by atomic mass is 19.1. The number of rotatable bonds is 4. The maximum absolute atomic E-state index is 13.3. The third-order valence-corrected chi connectivity index (χ3v) is 6.10. The van der Waals surface area contributed by atoms with Crippen molar-refractivity contribution in [2.45, 2.75) is 51.4 Å². The van der Waals surface area contributed by atoms with Crippen molar-refractivity contribution in [3.05, 3.63) is 53.0 Å². The molecule has 1 aromatic heterocycles. The topological polar surface area (TPSA) is 66.7 Å². The summed E-state index contributed by atoms with van der Waals surface area (Å²) in [7, 11) is 0. The Morgan fingerprint density at radius 2 is 1.83 bits per heavy atom. The molecule has 2 aliphatic heterocycles. The van der Waals surface area contributed by atoms with Crippen LogP contribution in [0.1, 0.15) is 65.7 Å². The van der Waals surface area contributed by atoms with Gasteiger partial charge in [-0.3, -0.25) is 9.59 Å². The second-order valence-electron chi connectivity index (χ2n) is 8.27. The molecule has 0 unspecified atom stereocenters. The zero-order valence-electron chi connectivity index (χ0n) is 17.4. The summed E-state index contributed by atoms with van der Waals surface area (Å²) >= 11 is 0. The molecular weight excluding hydrogens is 385 g/mol. The maximum atomic E-state index is 13.3. The largest absolute Gasteiger partial charge is 0.445 e. The van der Waals surface area contributed by atoms with Gasteiger partial charge in [0.1, 0.15) is 11.6 Å². The summed E-state index contributed by atoms with van der Waals surface area (Å²) in [6.07, 6.45) is 4.94. The average Bonchev–Trinajstić information content (AvgIpc) is 3.15. The van der Waals surface area contributed by atoms with Gasteiger partial charge in [-0.2, -0.15) is 0 Å². The predicted octanol–water partition coefficient (Wildman–Crippen LogP) is 3.70. The zero-order chi connectivity index (χ0) is 21.1. The lowest BCUT2D eigenvalue weighted by Gasteiger charge is -2.30. The first kappa shape index (κ1) is 20.6. The van der Waals surface area contributed by atoms with E-state index in [0.29, 0.717) is 36.0 Å². The van der Waals surface area contributed by atoms with Crippen molar-refractivity contribution in [2.75, 3.05) is 26.2 Å². The second-order valence-corrected chi connectivity index (χ2v) is 8.27. The molecule has 2 saturated heterocycles. The van der Waals surface area contributed by atoms with E-state index >= 15 is 0 Å². The lowest BCUT2D eigenvalue weighted by atomic mass is 9.96. The minimum Gasteiger partial charge on any atom is -0.445 e. The molecule has 1 aromatic carbocycles. The van der Waals surface area contributed by atoms with Crippen LogP contribution in [0.4, 0.5) is 4.39 Å². The molecule has 7 heteroatoms. The van der Waals surface area contributed by atoms with Gasteiger partial charge in [-0.25, -0.2) is 9.37 Å². The summed E-state index contributed by atoms with van der Waals surface area (Å²) in [5, 5.41) is 0. The first-order chi connectivity index (χ1) is 14.5. The van der Waals surface area contributed by atoms with Gasteiger partial charge >= 0.3 is 0 Å². The van der Waals surface area contributed by atoms with Crippen molar-refractivity contribution >= 4 is 11.8 Å². The maximum Gasteiger partial charge on any atom is 0.276 e. The van der Waals surface area contributed by atoms with E-state index in [-0.39, 0.29) is 30.0 Å². The van der Waals surface area contributed by atoms with Crippen LogP contribution in [0.3, 0.4) is 0 Å². The van der Waals surface area contributed by atoms with E-state index < -0.39 is 0 Å². The van der Waals surface area contributed by atoms with Crippen molar-refractivity contribution in [3.63, 3.8) is 0 Å². The number of carbonyl (C=O) groups excluding carboxylic acids is 2. The number of aryl methyl sites for hydroxylation is 1. The Bertz CT molecular complexity index is 912. The number of carbonyl (C=O) groups is 2. The summed E-state index contributed by atoms with van der Waals surface area (Å²) in [5.41, 5.74) is 1.11. The fraction of sp³-hybridized carbons (Fsp3) is 0.522. The molecule has 30 heavy (non-hydrogen) atoms. The summed E-state index contributed by atoms with van der Waals surface area (Å²) in [4.78, 5) is 33.6. The first-order valence-corrected chi connectivity index (χ1v) is 10.8. The van der Waals surface area contributed by atoms with Crippen molar-refractivity contribution in [3.8, 4) is 0 Å². The molecule has 2 amide bonds. The molecule has 0 saturated carbocycles. The minimum atomic E-state index is -0.326. The Hall–Kier alpha value is -2.70. The van der Waals surface area contributed by atoms with Crippen molar-refractivity contribution in [1.29, 1.82) is 0 Å². The van der Waals surface area contributed by atoms with Gasteiger partial charge in [0, 0.05) is 32.1 Å². The number of amides is 2. The molecule has 0 bridgehead atoms. The zero-order valence-corrected chi connectivity index (χ0v) is 17.4. The third-order valence-electron chi connectivity index (χ3n) is 6.10. The van der Waals surface area contributed by atoms with Crippen LogP contribution >= 0.6 is 0 Å². The molecule has 0 aliphatic carbocycles. The number of aromatic nitrogens is 1. The van der Waals surface area contributed by atoms with Crippen LogP contribution in [0.15, 0.2) is 28.7 Å². The molecule has 0 radical (unpaired) electrons. The molecule has 2 aliphatic rings. The van der Waals surface area contributed by atoms with Crippen molar-refractivity contribution < 1.29 is 18.4 Å². The van der Waals surface area contributed by atoms with Gasteiger partial charge in [0.15, 0.2) is 11.6 Å². The Balaban J connectivity index is 1.35. The standard InChI is InChI=1S/C23H28FN3O3/c1-16-21(23(29)27-10-3-2-4-11-27)25-22(30-16)18-8-12-26(13-9-18)20(28)15-17-6-5-7-19(24)14-17/h5-7,14,18H,2-4,8-13,15H2,1H3. The Kier molecular flexibility index (Phi) is 6.16. The number of halogens is 1. The Labute approximate surface area is 176 Å². The number of piperidine rings is 2. The van der Waals surface area contributed by atoms with Gasteiger partial charge < -0.3 is 14.2 Å². The van der Waals surface area contributed by atoms with E-state index in [1.54, 1.807) is 19.1 Å². The van der Waals surface area contributed by atoms with E-state index in [1.165, 1.54) is 18.6 Å². The number of benzene rings is 1. The lowest BCUT2D eigenvalue weighted by molar-refractivity contribution is -0.131. The van der Waals surface area contributed by atoms with Gasteiger partial charge in [0.25, 0.3) is 5.91 Å². The van der Waals surface area contributed by atoms with E-state index in [4.69, 9.17) is 4.42 Å². The van der Waals surface area contributed by atoms with Crippen LogP contribution < -0.4 is 0 Å². The number of hydrogen-bond donors (Lipinski definition) is 0. The van der Waals surface area contributed by atoms with Gasteiger partial charge in [-0.15, -0.1) is 0 Å². The van der Waals surface area contributed by atoms with Crippen LogP contribution in [-0.2, 0) is 11.2 Å². The fourth-order valence-electron chi connectivity index (χ4n) is 4.35. The molecule has 2 aromatic rings. The Morgan fingerprint density at radius 1 is 1.10 bits per heavy atom. The third kappa shape index (κ3) is 4.55. The van der Waals surface area contributed by atoms with Crippen molar-refractivity contribution in [2.24, 2.45) is 0 Å². The van der Waals surface area contributed by atoms with Crippen molar-refractivity contribution in [1.82, 2.24) is 14.8 Å². The second kappa shape index (κ2) is 8.98. The quantitative estimate of drug-likeness (QED) is 0.767. The summed E-state index contributed by atoms with van der Waals surface area (Å²) < 4.78 is 19.2. The molecule has 2 fully saturated rings. The number of likely N-dealkylation sites (tertiary alicyclic amines) is 2. The fourth-order valence-corrected chi connectivity index (χ4v) is 4.35. The van der Waals surface area contributed by atoms with E-state index in [2.05, 4.69) is 4.98 Å². The Morgan fingerprint density at radius 3 is 2.53 bits per heavy atom. The highest BCUT2D eigenvalue weighted by Crippen LogP contribution is 2.29. The predicted molar refractivity (Wildman–Crippen MR) is 110 cm³/mol. The van der Waals surface area contributed by atoms with Gasteiger partial charge in [0.2, 0.25) is 5.91 Å². The number of hydrogen-bond acceptors (Lipinski definition) is 4. The van der Waals surface area contributed by atoms with Gasteiger partial charge in [-0.05, 0) is 56.7 Å². The summed E-state index contributed by atoms with van der Waals surface area (Å²) in [6, 6.07) is 6.17. The summed E-state index contributed by atoms with van der Waals surface area (Å²) in [5.74, 6) is 0.918. The first-order valence-electron chi connectivity index (χ1n) is 10.8. The molecule has 4 rings (SSSR count). The van der Waals surface area contributed by atoms with Crippen LogP contribution in [0.5, 0.6) is 0 Å². The molecule has 0 spiro atoms. The van der Waals surface area contributed by atoms with E-state index in [9.17, 15) is 14.0 Å². The van der Waals surface area contributed by atoms with Crippen LogP contribution in [0.25, 0.3) is 0 Å². The summed E-state index contributed by atoms with van der Waals surface area (Å²) in [6.45, 7) is 4.58. The van der Waals surface area contributed by atoms with E-state index in [0.717, 1.165) is 38.8 Å². The SMILES string of the molecule is Cc1oc(C2CCN(C(=O)Cc3cccc(F)c3)CC2)nc1C(=O)N1CCCCC1. The van der Waals surface area contributed by atoms with Gasteiger partial charge in [0.05, 0.1) is 6.42 Å². The number of oxazole rings is 1. The monoisotopic (exact) mass is 413 g/mol. The molecule has 0 N–H and O–H groups in total. The molecule has 3 heterocycles. The highest BCUT2D eigenvalue weighted by Gasteiger charge is 2.30. The van der Waals surface area contributed by atoms with Crippen LogP contribution in [0, 0.1) is 12.7 Å². The smallest absolute Gasteiger partial charge is 0.276 e. The lowest BCUT2D eigenvalue weighted by Crippen LogP contribution is -2.39. The van der Waals surface area contributed by atoms with Crippen LogP contribution in [0.2, 0.25) is 0 Å². The molecule has 6 nitrogen and oxygen atoms in total. The van der Waals surface area contributed by atoms with Gasteiger partial charge in [-0.1, -0.05) is 12.1 Å². The molecule has 0 atom stereocenters. The normalized spacial score (nSPS) is 17.9. The average molecular weight is 413 g/mol. The molecular formula is C23H28FN3O3.